The second-order valence-electron chi connectivity index (χ2n) is 5.66. The molecule has 0 radical (unpaired) electrons. The summed E-state index contributed by atoms with van der Waals surface area (Å²) >= 11 is 0. The molecule has 1 atom stereocenters. The fraction of sp³-hybridized carbons (Fsp3) is 0.688. The maximum Gasteiger partial charge on any atom is 0.245 e. The van der Waals surface area contributed by atoms with Gasteiger partial charge in [-0.2, -0.15) is 0 Å². The lowest BCUT2D eigenvalue weighted by Crippen LogP contribution is -2.44. The van der Waals surface area contributed by atoms with Gasteiger partial charge < -0.3 is 19.3 Å². The zero-order chi connectivity index (χ0) is 15.2. The first-order chi connectivity index (χ1) is 10.1. The van der Waals surface area contributed by atoms with Crippen LogP contribution in [0.2, 0.25) is 0 Å². The largest absolute Gasteiger partial charge is 0.396 e. The predicted octanol–water partition coefficient (Wildman–Crippen LogP) is 1.67. The first-order valence-corrected chi connectivity index (χ1v) is 7.77. The minimum atomic E-state index is -0.162. The van der Waals surface area contributed by atoms with Gasteiger partial charge in [0.2, 0.25) is 5.91 Å². The number of aromatic nitrogens is 1. The topological polar surface area (TPSA) is 54.7 Å². The third-order valence-electron chi connectivity index (χ3n) is 4.13. The molecular formula is C16H26N2O3. The summed E-state index contributed by atoms with van der Waals surface area (Å²) in [5, 5.41) is 8.99. The van der Waals surface area contributed by atoms with Crippen LogP contribution in [-0.2, 0) is 9.53 Å². The molecule has 0 saturated carbocycles. The number of nitrogens with zero attached hydrogens (tertiary/aromatic N) is 2. The highest BCUT2D eigenvalue weighted by molar-refractivity contribution is 5.80. The lowest BCUT2D eigenvalue weighted by Gasteiger charge is -2.32. The zero-order valence-corrected chi connectivity index (χ0v) is 13.0. The molecule has 0 spiro atoms. The fourth-order valence-electron chi connectivity index (χ4n) is 2.98. The van der Waals surface area contributed by atoms with Crippen molar-refractivity contribution in [3.63, 3.8) is 0 Å². The number of morpholine rings is 1. The molecule has 0 aliphatic carbocycles. The first-order valence-electron chi connectivity index (χ1n) is 7.77. The molecule has 5 heteroatoms. The average molecular weight is 294 g/mol. The lowest BCUT2D eigenvalue weighted by molar-refractivity contribution is -0.139. The number of hydrogen-bond donors (Lipinski definition) is 1. The number of unbranched alkanes of at least 4 members (excludes halogenated alkanes) is 1. The Bertz CT molecular complexity index is 445. The Morgan fingerprint density at radius 3 is 2.43 bits per heavy atom. The number of aliphatic hydroxyl groups is 1. The quantitative estimate of drug-likeness (QED) is 0.812. The summed E-state index contributed by atoms with van der Waals surface area (Å²) in [7, 11) is 0. The molecule has 5 nitrogen and oxygen atoms in total. The second kappa shape index (κ2) is 7.61. The van der Waals surface area contributed by atoms with Crippen molar-refractivity contribution in [2.24, 2.45) is 0 Å². The van der Waals surface area contributed by atoms with E-state index in [1.807, 2.05) is 18.7 Å². The van der Waals surface area contributed by atoms with Crippen molar-refractivity contribution in [3.8, 4) is 0 Å². The Kier molecular flexibility index (Phi) is 5.82. The van der Waals surface area contributed by atoms with E-state index >= 15 is 0 Å². The molecule has 1 aromatic heterocycles. The molecule has 0 bridgehead atoms. The van der Waals surface area contributed by atoms with Crippen molar-refractivity contribution in [2.75, 3.05) is 32.9 Å². The molecule has 2 rings (SSSR count). The number of aliphatic hydroxyl groups excluding tert-OH is 1. The number of aryl methyl sites for hydroxylation is 2. The summed E-state index contributed by atoms with van der Waals surface area (Å²) in [6.07, 6.45) is 2.37. The van der Waals surface area contributed by atoms with Gasteiger partial charge in [-0.05, 0) is 45.2 Å². The van der Waals surface area contributed by atoms with Gasteiger partial charge in [0.15, 0.2) is 0 Å². The zero-order valence-electron chi connectivity index (χ0n) is 13.0. The Balaban J connectivity index is 2.16. The SMILES string of the molecule is Cc1ccc(C)n1[C@@H](CCCCO)C(=O)N1CCOCC1. The molecule has 2 heterocycles. The summed E-state index contributed by atoms with van der Waals surface area (Å²) in [6.45, 7) is 6.86. The van der Waals surface area contributed by atoms with E-state index in [0.717, 1.165) is 30.7 Å². The standard InChI is InChI=1S/C16H26N2O3/c1-13-6-7-14(2)18(13)15(5-3-4-10-19)16(20)17-8-11-21-12-9-17/h6-7,15,19H,3-5,8-12H2,1-2H3/t15-/m0/s1. The minimum Gasteiger partial charge on any atom is -0.396 e. The molecule has 1 N–H and O–H groups in total. The maximum atomic E-state index is 12.9. The Morgan fingerprint density at radius 2 is 1.86 bits per heavy atom. The van der Waals surface area contributed by atoms with Crippen LogP contribution in [0.25, 0.3) is 0 Å². The third kappa shape index (κ3) is 3.86. The number of amides is 1. The van der Waals surface area contributed by atoms with Crippen LogP contribution in [0.3, 0.4) is 0 Å². The number of carbonyl (C=O) groups is 1. The van der Waals surface area contributed by atoms with Crippen molar-refractivity contribution >= 4 is 5.91 Å². The Hall–Kier alpha value is -1.33. The van der Waals surface area contributed by atoms with Gasteiger partial charge in [-0.15, -0.1) is 0 Å². The third-order valence-corrected chi connectivity index (χ3v) is 4.13. The molecule has 118 valence electrons. The molecule has 0 unspecified atom stereocenters. The number of ether oxygens (including phenoxy) is 1. The average Bonchev–Trinajstić information content (AvgIpc) is 2.84. The molecule has 0 aromatic carbocycles. The van der Waals surface area contributed by atoms with Crippen molar-refractivity contribution in [1.82, 2.24) is 9.47 Å². The molecule has 1 saturated heterocycles. The van der Waals surface area contributed by atoms with E-state index < -0.39 is 0 Å². The van der Waals surface area contributed by atoms with Gasteiger partial charge in [-0.3, -0.25) is 4.79 Å². The summed E-state index contributed by atoms with van der Waals surface area (Å²) in [6, 6.07) is 3.95. The van der Waals surface area contributed by atoms with E-state index in [1.54, 1.807) is 0 Å². The predicted molar refractivity (Wildman–Crippen MR) is 81.3 cm³/mol. The van der Waals surface area contributed by atoms with Gasteiger partial charge in [0.05, 0.1) is 13.2 Å². The number of carbonyl (C=O) groups excluding carboxylic acids is 1. The van der Waals surface area contributed by atoms with E-state index in [4.69, 9.17) is 9.84 Å². The van der Waals surface area contributed by atoms with Crippen molar-refractivity contribution < 1.29 is 14.6 Å². The van der Waals surface area contributed by atoms with Crippen LogP contribution in [0, 0.1) is 13.8 Å². The normalized spacial score (nSPS) is 17.0. The van der Waals surface area contributed by atoms with E-state index in [1.165, 1.54) is 0 Å². The first kappa shape index (κ1) is 16.0. The lowest BCUT2D eigenvalue weighted by atomic mass is 10.1. The minimum absolute atomic E-state index is 0.162. The van der Waals surface area contributed by atoms with Crippen LogP contribution < -0.4 is 0 Å². The van der Waals surface area contributed by atoms with Gasteiger partial charge >= 0.3 is 0 Å². The fourth-order valence-corrected chi connectivity index (χ4v) is 2.98. The van der Waals surface area contributed by atoms with Crippen LogP contribution in [0.15, 0.2) is 12.1 Å². The smallest absolute Gasteiger partial charge is 0.245 e. The van der Waals surface area contributed by atoms with Gasteiger partial charge in [-0.1, -0.05) is 0 Å². The molecule has 21 heavy (non-hydrogen) atoms. The van der Waals surface area contributed by atoms with Crippen LogP contribution in [0.1, 0.15) is 36.7 Å². The van der Waals surface area contributed by atoms with E-state index in [0.29, 0.717) is 26.3 Å². The maximum absolute atomic E-state index is 12.9. The van der Waals surface area contributed by atoms with E-state index in [2.05, 4.69) is 16.7 Å². The van der Waals surface area contributed by atoms with E-state index in [9.17, 15) is 4.79 Å². The van der Waals surface area contributed by atoms with Crippen LogP contribution in [0.5, 0.6) is 0 Å². The Morgan fingerprint density at radius 1 is 1.24 bits per heavy atom. The van der Waals surface area contributed by atoms with Gasteiger partial charge in [-0.25, -0.2) is 0 Å². The van der Waals surface area contributed by atoms with Crippen LogP contribution >= 0.6 is 0 Å². The summed E-state index contributed by atoms with van der Waals surface area (Å²) < 4.78 is 7.47. The Labute approximate surface area is 126 Å². The van der Waals surface area contributed by atoms with Crippen molar-refractivity contribution in [1.29, 1.82) is 0 Å². The van der Waals surface area contributed by atoms with Gasteiger partial charge in [0, 0.05) is 31.1 Å². The number of rotatable bonds is 6. The van der Waals surface area contributed by atoms with Crippen molar-refractivity contribution in [2.45, 2.75) is 39.2 Å². The number of hydrogen-bond acceptors (Lipinski definition) is 3. The monoisotopic (exact) mass is 294 g/mol. The summed E-state index contributed by atoms with van der Waals surface area (Å²) in [5.74, 6) is 0.179. The molecule has 1 fully saturated rings. The molecule has 1 amide bonds. The highest BCUT2D eigenvalue weighted by atomic mass is 16.5. The summed E-state index contributed by atoms with van der Waals surface area (Å²) in [5.41, 5.74) is 2.23. The van der Waals surface area contributed by atoms with Gasteiger partial charge in [0.25, 0.3) is 0 Å². The van der Waals surface area contributed by atoms with E-state index in [-0.39, 0.29) is 18.6 Å². The summed E-state index contributed by atoms with van der Waals surface area (Å²) in [4.78, 5) is 14.8. The highest BCUT2D eigenvalue weighted by Gasteiger charge is 2.28. The van der Waals surface area contributed by atoms with Crippen molar-refractivity contribution in [3.05, 3.63) is 23.5 Å². The molecular weight excluding hydrogens is 268 g/mol. The molecule has 1 aliphatic rings. The highest BCUT2D eigenvalue weighted by Crippen LogP contribution is 2.24. The van der Waals surface area contributed by atoms with Gasteiger partial charge in [0.1, 0.15) is 6.04 Å². The molecule has 1 aliphatic heterocycles. The second-order valence-corrected chi connectivity index (χ2v) is 5.66. The van der Waals surface area contributed by atoms with Crippen LogP contribution in [-0.4, -0.2) is 53.4 Å². The van der Waals surface area contributed by atoms with Crippen LogP contribution in [0.4, 0.5) is 0 Å². The molecule has 1 aromatic rings.